The number of nitrogens with zero attached hydrogens (tertiary/aromatic N) is 4. The molecule has 0 bridgehead atoms. The number of aromatic nitrogens is 2. The van der Waals surface area contributed by atoms with Gasteiger partial charge in [0.15, 0.2) is 0 Å². The zero-order valence-corrected chi connectivity index (χ0v) is 15.3. The Bertz CT molecular complexity index is 838. The summed E-state index contributed by atoms with van der Waals surface area (Å²) < 4.78 is 1.79. The van der Waals surface area contributed by atoms with E-state index in [4.69, 9.17) is 0 Å². The van der Waals surface area contributed by atoms with Crippen molar-refractivity contribution < 1.29 is 9.59 Å². The molecular weight excluding hydrogens is 330 g/mol. The van der Waals surface area contributed by atoms with Gasteiger partial charge >= 0.3 is 6.03 Å². The molecule has 0 saturated carbocycles. The Labute approximate surface area is 152 Å². The highest BCUT2D eigenvalue weighted by atomic mass is 16.2. The van der Waals surface area contributed by atoms with Gasteiger partial charge in [-0.05, 0) is 36.0 Å². The lowest BCUT2D eigenvalue weighted by molar-refractivity contribution is -0.120. The predicted octanol–water partition coefficient (Wildman–Crippen LogP) is 1.91. The number of fused-ring (bicyclic) bond motifs is 1. The number of rotatable bonds is 5. The molecule has 2 saturated heterocycles. The van der Waals surface area contributed by atoms with Crippen molar-refractivity contribution in [1.82, 2.24) is 19.8 Å². The summed E-state index contributed by atoms with van der Waals surface area (Å²) in [6, 6.07) is 3.86. The summed E-state index contributed by atoms with van der Waals surface area (Å²) in [6.07, 6.45) is 5.00. The first-order valence-electron chi connectivity index (χ1n) is 9.29. The molecule has 7 heteroatoms. The Hall–Kier alpha value is -2.41. The number of carbonyl (C=O) groups excluding carboxylic acids is 2. The van der Waals surface area contributed by atoms with E-state index in [2.05, 4.69) is 41.3 Å². The van der Waals surface area contributed by atoms with Crippen molar-refractivity contribution >= 4 is 23.1 Å². The van der Waals surface area contributed by atoms with Crippen LogP contribution in [0.15, 0.2) is 24.5 Å². The first kappa shape index (κ1) is 17.0. The lowest BCUT2D eigenvalue weighted by Gasteiger charge is -2.40. The van der Waals surface area contributed by atoms with Crippen molar-refractivity contribution in [2.75, 3.05) is 31.1 Å². The lowest BCUT2D eigenvalue weighted by Crippen LogP contribution is -2.49. The van der Waals surface area contributed by atoms with Gasteiger partial charge in [-0.25, -0.2) is 9.31 Å². The molecule has 1 N–H and O–H groups in total. The fourth-order valence-electron chi connectivity index (χ4n) is 3.95. The van der Waals surface area contributed by atoms with Crippen molar-refractivity contribution in [1.29, 1.82) is 0 Å². The molecule has 2 aromatic heterocycles. The van der Waals surface area contributed by atoms with E-state index < -0.39 is 0 Å². The molecule has 0 atom stereocenters. The van der Waals surface area contributed by atoms with Gasteiger partial charge in [0.2, 0.25) is 5.91 Å². The lowest BCUT2D eigenvalue weighted by atomic mass is 9.91. The second kappa shape index (κ2) is 6.72. The quantitative estimate of drug-likeness (QED) is 0.889. The molecule has 4 rings (SSSR count). The Morgan fingerprint density at radius 1 is 1.31 bits per heavy atom. The highest BCUT2D eigenvalue weighted by Crippen LogP contribution is 2.26. The molecule has 0 aromatic carbocycles. The average molecular weight is 355 g/mol. The molecule has 26 heavy (non-hydrogen) atoms. The predicted molar refractivity (Wildman–Crippen MR) is 99.2 cm³/mol. The minimum atomic E-state index is -0.370. The Kier molecular flexibility index (Phi) is 4.40. The fourth-order valence-corrected chi connectivity index (χ4v) is 3.95. The summed E-state index contributed by atoms with van der Waals surface area (Å²) >= 11 is 0. The van der Waals surface area contributed by atoms with Crippen LogP contribution in [0.1, 0.15) is 25.8 Å². The Morgan fingerprint density at radius 2 is 2.12 bits per heavy atom. The van der Waals surface area contributed by atoms with E-state index in [9.17, 15) is 9.59 Å². The number of carbonyl (C=O) groups is 2. The minimum absolute atomic E-state index is 0.223. The number of imide groups is 1. The number of urea groups is 1. The third-order valence-electron chi connectivity index (χ3n) is 5.09. The van der Waals surface area contributed by atoms with E-state index in [1.807, 2.05) is 6.20 Å². The number of anilines is 1. The molecule has 2 aliphatic heterocycles. The summed E-state index contributed by atoms with van der Waals surface area (Å²) in [5, 5.41) is 6.72. The van der Waals surface area contributed by atoms with Crippen LogP contribution in [0.5, 0.6) is 0 Å². The molecule has 0 spiro atoms. The van der Waals surface area contributed by atoms with Crippen LogP contribution in [0.4, 0.5) is 10.5 Å². The minimum Gasteiger partial charge on any atom is -0.302 e. The SMILES string of the molecule is CC(C)CN1CC(Cc2ccn3ncc(N4CCC(=O)NC4=O)c3c2)C1. The molecule has 2 fully saturated rings. The monoisotopic (exact) mass is 355 g/mol. The fraction of sp³-hybridized carbons (Fsp3) is 0.526. The maximum Gasteiger partial charge on any atom is 0.328 e. The van der Waals surface area contributed by atoms with Gasteiger partial charge in [0.25, 0.3) is 0 Å². The van der Waals surface area contributed by atoms with Gasteiger partial charge < -0.3 is 4.90 Å². The maximum absolute atomic E-state index is 12.1. The standard InChI is InChI=1S/C19H25N5O2/c1-13(2)10-22-11-15(12-22)7-14-3-6-24-16(8-14)17(9-20-24)23-5-4-18(25)21-19(23)26/h3,6,8-9,13,15H,4-5,7,10-12H2,1-2H3,(H,21,25,26). The molecule has 4 heterocycles. The smallest absolute Gasteiger partial charge is 0.302 e. The molecule has 0 aliphatic carbocycles. The first-order chi connectivity index (χ1) is 12.5. The van der Waals surface area contributed by atoms with Gasteiger partial charge in [-0.3, -0.25) is 15.0 Å². The zero-order valence-electron chi connectivity index (χ0n) is 15.3. The number of hydrogen-bond acceptors (Lipinski definition) is 4. The zero-order chi connectivity index (χ0) is 18.3. The van der Waals surface area contributed by atoms with Gasteiger partial charge in [0.1, 0.15) is 0 Å². The van der Waals surface area contributed by atoms with Crippen molar-refractivity contribution in [3.8, 4) is 0 Å². The number of hydrogen-bond donors (Lipinski definition) is 1. The highest BCUT2D eigenvalue weighted by Gasteiger charge is 2.28. The highest BCUT2D eigenvalue weighted by molar-refractivity contribution is 6.07. The maximum atomic E-state index is 12.1. The Balaban J connectivity index is 1.49. The van der Waals surface area contributed by atoms with E-state index in [0.29, 0.717) is 24.8 Å². The molecule has 2 aliphatic rings. The number of amides is 3. The molecule has 2 aromatic rings. The van der Waals surface area contributed by atoms with Gasteiger partial charge in [0.05, 0.1) is 17.4 Å². The summed E-state index contributed by atoms with van der Waals surface area (Å²) in [7, 11) is 0. The van der Waals surface area contributed by atoms with E-state index in [1.54, 1.807) is 15.6 Å². The summed E-state index contributed by atoms with van der Waals surface area (Å²) in [5.41, 5.74) is 2.93. The number of pyridine rings is 1. The van der Waals surface area contributed by atoms with Crippen molar-refractivity contribution in [3.63, 3.8) is 0 Å². The van der Waals surface area contributed by atoms with E-state index in [0.717, 1.165) is 30.7 Å². The first-order valence-corrected chi connectivity index (χ1v) is 9.29. The van der Waals surface area contributed by atoms with E-state index in [-0.39, 0.29) is 11.9 Å². The van der Waals surface area contributed by atoms with Crippen molar-refractivity contribution in [2.24, 2.45) is 11.8 Å². The van der Waals surface area contributed by atoms with Crippen LogP contribution in [-0.2, 0) is 11.2 Å². The third kappa shape index (κ3) is 3.31. The van der Waals surface area contributed by atoms with Crippen LogP contribution < -0.4 is 10.2 Å². The second-order valence-corrected chi connectivity index (χ2v) is 7.83. The third-order valence-corrected chi connectivity index (χ3v) is 5.09. The van der Waals surface area contributed by atoms with E-state index >= 15 is 0 Å². The summed E-state index contributed by atoms with van der Waals surface area (Å²) in [6.45, 7) is 8.39. The van der Waals surface area contributed by atoms with Crippen molar-refractivity contribution in [3.05, 3.63) is 30.1 Å². The van der Waals surface area contributed by atoms with Gasteiger partial charge in [0, 0.05) is 38.8 Å². The van der Waals surface area contributed by atoms with Crippen LogP contribution in [0, 0.1) is 11.8 Å². The number of nitrogens with one attached hydrogen (secondary N) is 1. The second-order valence-electron chi connectivity index (χ2n) is 7.83. The topological polar surface area (TPSA) is 70.0 Å². The van der Waals surface area contributed by atoms with Crippen LogP contribution in [-0.4, -0.2) is 52.6 Å². The average Bonchev–Trinajstić information content (AvgIpc) is 2.95. The van der Waals surface area contributed by atoms with Crippen LogP contribution in [0.2, 0.25) is 0 Å². The van der Waals surface area contributed by atoms with Crippen LogP contribution in [0.3, 0.4) is 0 Å². The van der Waals surface area contributed by atoms with Gasteiger partial charge in [-0.1, -0.05) is 13.8 Å². The molecule has 7 nitrogen and oxygen atoms in total. The van der Waals surface area contributed by atoms with Crippen LogP contribution >= 0.6 is 0 Å². The van der Waals surface area contributed by atoms with Gasteiger partial charge in [-0.2, -0.15) is 5.10 Å². The van der Waals surface area contributed by atoms with Crippen molar-refractivity contribution in [2.45, 2.75) is 26.7 Å². The summed E-state index contributed by atoms with van der Waals surface area (Å²) in [5.74, 6) is 1.18. The normalized spacial score (nSPS) is 19.3. The van der Waals surface area contributed by atoms with Gasteiger partial charge in [-0.15, -0.1) is 0 Å². The van der Waals surface area contributed by atoms with Crippen LogP contribution in [0.25, 0.3) is 5.52 Å². The molecule has 3 amide bonds. The summed E-state index contributed by atoms with van der Waals surface area (Å²) in [4.78, 5) is 27.6. The Morgan fingerprint density at radius 3 is 2.85 bits per heavy atom. The molecule has 138 valence electrons. The molecule has 0 unspecified atom stereocenters. The molecular formula is C19H25N5O2. The molecule has 0 radical (unpaired) electrons. The van der Waals surface area contributed by atoms with E-state index in [1.165, 1.54) is 12.1 Å². The largest absolute Gasteiger partial charge is 0.328 e. The number of likely N-dealkylation sites (tertiary alicyclic amines) is 1.